The number of hydrogen-bond donors (Lipinski definition) is 0. The number of pyridine rings is 1. The highest BCUT2D eigenvalue weighted by Gasteiger charge is 2.28. The molecule has 7 heteroatoms. The summed E-state index contributed by atoms with van der Waals surface area (Å²) in [5.41, 5.74) is 2.25. The standard InChI is InChI=1S/C20H24N6O/c1-20(2,3)16-7-8-17-22-23-18(26(17)24-16)14-9-12-25(13-10-14)19(27)15-6-4-5-11-21-15/h4-8,11,14H,9-10,12-13H2,1-3H3. The predicted octanol–water partition coefficient (Wildman–Crippen LogP) is 2.84. The molecule has 3 aromatic heterocycles. The van der Waals surface area contributed by atoms with Crippen LogP contribution in [-0.2, 0) is 5.41 Å². The molecule has 0 unspecified atom stereocenters. The van der Waals surface area contributed by atoms with Gasteiger partial charge in [-0.15, -0.1) is 10.2 Å². The fourth-order valence-corrected chi connectivity index (χ4v) is 3.45. The molecule has 0 bridgehead atoms. The van der Waals surface area contributed by atoms with Crippen LogP contribution in [0.25, 0.3) is 5.65 Å². The molecule has 7 nitrogen and oxygen atoms in total. The van der Waals surface area contributed by atoms with Crippen molar-refractivity contribution in [2.45, 2.75) is 44.9 Å². The number of amides is 1. The zero-order valence-electron chi connectivity index (χ0n) is 16.0. The molecule has 3 aromatic rings. The monoisotopic (exact) mass is 364 g/mol. The van der Waals surface area contributed by atoms with Gasteiger partial charge in [-0.05, 0) is 37.1 Å². The van der Waals surface area contributed by atoms with Gasteiger partial charge in [-0.25, -0.2) is 0 Å². The molecule has 140 valence electrons. The molecule has 27 heavy (non-hydrogen) atoms. The van der Waals surface area contributed by atoms with Gasteiger partial charge in [-0.3, -0.25) is 9.78 Å². The van der Waals surface area contributed by atoms with E-state index in [0.29, 0.717) is 18.8 Å². The van der Waals surface area contributed by atoms with Crippen molar-refractivity contribution >= 4 is 11.6 Å². The number of carbonyl (C=O) groups excluding carboxylic acids is 1. The van der Waals surface area contributed by atoms with E-state index in [9.17, 15) is 4.79 Å². The number of rotatable bonds is 2. The van der Waals surface area contributed by atoms with Crippen molar-refractivity contribution in [3.8, 4) is 0 Å². The first-order valence-electron chi connectivity index (χ1n) is 9.36. The average molecular weight is 364 g/mol. The van der Waals surface area contributed by atoms with Crippen molar-refractivity contribution in [1.82, 2.24) is 29.7 Å². The third-order valence-electron chi connectivity index (χ3n) is 5.09. The smallest absolute Gasteiger partial charge is 0.272 e. The quantitative estimate of drug-likeness (QED) is 0.699. The van der Waals surface area contributed by atoms with Gasteiger partial charge < -0.3 is 4.90 Å². The number of carbonyl (C=O) groups is 1. The number of aromatic nitrogens is 5. The second-order valence-corrected chi connectivity index (χ2v) is 8.08. The molecular formula is C20H24N6O. The van der Waals surface area contributed by atoms with E-state index < -0.39 is 0 Å². The molecule has 0 aromatic carbocycles. The summed E-state index contributed by atoms with van der Waals surface area (Å²) in [6.45, 7) is 7.81. The van der Waals surface area contributed by atoms with Gasteiger partial charge in [0, 0.05) is 30.6 Å². The molecule has 1 saturated heterocycles. The summed E-state index contributed by atoms with van der Waals surface area (Å²) in [6.07, 6.45) is 3.35. The van der Waals surface area contributed by atoms with Crippen LogP contribution in [-0.4, -0.2) is 48.7 Å². The van der Waals surface area contributed by atoms with Crippen LogP contribution in [0.2, 0.25) is 0 Å². The second-order valence-electron chi connectivity index (χ2n) is 8.08. The van der Waals surface area contributed by atoms with Crippen molar-refractivity contribution in [2.24, 2.45) is 0 Å². The Balaban J connectivity index is 1.52. The minimum atomic E-state index is -0.0335. The zero-order chi connectivity index (χ0) is 19.0. The van der Waals surface area contributed by atoms with Gasteiger partial charge in [-0.1, -0.05) is 26.8 Å². The number of piperidine rings is 1. The van der Waals surface area contributed by atoms with E-state index in [4.69, 9.17) is 5.10 Å². The van der Waals surface area contributed by atoms with Gasteiger partial charge >= 0.3 is 0 Å². The van der Waals surface area contributed by atoms with E-state index in [-0.39, 0.29) is 17.2 Å². The first-order chi connectivity index (χ1) is 12.9. The van der Waals surface area contributed by atoms with Crippen LogP contribution in [0.15, 0.2) is 36.5 Å². The first-order valence-corrected chi connectivity index (χ1v) is 9.36. The molecule has 0 spiro atoms. The van der Waals surface area contributed by atoms with E-state index in [2.05, 4.69) is 36.0 Å². The van der Waals surface area contributed by atoms with Crippen LogP contribution in [0, 0.1) is 0 Å². The van der Waals surface area contributed by atoms with E-state index >= 15 is 0 Å². The van der Waals surface area contributed by atoms with Crippen LogP contribution >= 0.6 is 0 Å². The Bertz CT molecular complexity index is 952. The third-order valence-corrected chi connectivity index (χ3v) is 5.09. The first kappa shape index (κ1) is 17.6. The van der Waals surface area contributed by atoms with Gasteiger partial charge in [-0.2, -0.15) is 9.61 Å². The van der Waals surface area contributed by atoms with Crippen LogP contribution in [0.1, 0.15) is 61.5 Å². The molecule has 1 aliphatic rings. The van der Waals surface area contributed by atoms with Crippen molar-refractivity contribution in [3.05, 3.63) is 53.7 Å². The summed E-state index contributed by atoms with van der Waals surface area (Å²) in [6, 6.07) is 9.41. The Morgan fingerprint density at radius 1 is 1.07 bits per heavy atom. The topological polar surface area (TPSA) is 76.3 Å². The molecule has 0 saturated carbocycles. The maximum atomic E-state index is 12.6. The van der Waals surface area contributed by atoms with E-state index in [1.165, 1.54) is 0 Å². The number of fused-ring (bicyclic) bond motifs is 1. The molecular weight excluding hydrogens is 340 g/mol. The third kappa shape index (κ3) is 3.41. The Morgan fingerprint density at radius 3 is 2.52 bits per heavy atom. The number of likely N-dealkylation sites (tertiary alicyclic amines) is 1. The number of hydrogen-bond acceptors (Lipinski definition) is 5. The summed E-state index contributed by atoms with van der Waals surface area (Å²) in [7, 11) is 0. The Morgan fingerprint density at radius 2 is 1.85 bits per heavy atom. The minimum Gasteiger partial charge on any atom is -0.337 e. The Labute approximate surface area is 158 Å². The molecule has 1 fully saturated rings. The lowest BCUT2D eigenvalue weighted by atomic mass is 9.92. The second kappa shape index (κ2) is 6.72. The Kier molecular flexibility index (Phi) is 4.37. The van der Waals surface area contributed by atoms with Crippen LogP contribution in [0.4, 0.5) is 0 Å². The van der Waals surface area contributed by atoms with Crippen molar-refractivity contribution in [1.29, 1.82) is 0 Å². The fraction of sp³-hybridized carbons (Fsp3) is 0.450. The van der Waals surface area contributed by atoms with Crippen LogP contribution < -0.4 is 0 Å². The fourth-order valence-electron chi connectivity index (χ4n) is 3.45. The van der Waals surface area contributed by atoms with Gasteiger partial charge in [0.15, 0.2) is 11.5 Å². The summed E-state index contributed by atoms with van der Waals surface area (Å²) in [5.74, 6) is 1.13. The molecule has 1 amide bonds. The minimum absolute atomic E-state index is 0.00621. The number of nitrogens with zero attached hydrogens (tertiary/aromatic N) is 6. The summed E-state index contributed by atoms with van der Waals surface area (Å²) in [5, 5.41) is 13.5. The van der Waals surface area contributed by atoms with Gasteiger partial charge in [0.1, 0.15) is 5.69 Å². The molecule has 1 aliphatic heterocycles. The maximum absolute atomic E-state index is 12.6. The van der Waals surface area contributed by atoms with Crippen LogP contribution in [0.5, 0.6) is 0 Å². The summed E-state index contributed by atoms with van der Waals surface area (Å²) in [4.78, 5) is 18.6. The highest BCUT2D eigenvalue weighted by molar-refractivity contribution is 5.92. The highest BCUT2D eigenvalue weighted by atomic mass is 16.2. The van der Waals surface area contributed by atoms with Crippen molar-refractivity contribution < 1.29 is 4.79 Å². The van der Waals surface area contributed by atoms with E-state index in [1.54, 1.807) is 12.3 Å². The normalized spacial score (nSPS) is 16.0. The van der Waals surface area contributed by atoms with Gasteiger partial charge in [0.05, 0.1) is 5.69 Å². The zero-order valence-corrected chi connectivity index (χ0v) is 16.0. The highest BCUT2D eigenvalue weighted by Crippen LogP contribution is 2.28. The lowest BCUT2D eigenvalue weighted by molar-refractivity contribution is 0.0704. The van der Waals surface area contributed by atoms with Crippen molar-refractivity contribution in [2.75, 3.05) is 13.1 Å². The summed E-state index contributed by atoms with van der Waals surface area (Å²) >= 11 is 0. The molecule has 4 rings (SSSR count). The summed E-state index contributed by atoms with van der Waals surface area (Å²) < 4.78 is 1.88. The molecule has 0 N–H and O–H groups in total. The molecule has 4 heterocycles. The lowest BCUT2D eigenvalue weighted by Crippen LogP contribution is -2.38. The van der Waals surface area contributed by atoms with Gasteiger partial charge in [0.25, 0.3) is 5.91 Å². The lowest BCUT2D eigenvalue weighted by Gasteiger charge is -2.31. The van der Waals surface area contributed by atoms with Crippen molar-refractivity contribution in [3.63, 3.8) is 0 Å². The van der Waals surface area contributed by atoms with Gasteiger partial charge in [0.2, 0.25) is 0 Å². The SMILES string of the molecule is CC(C)(C)c1ccc2nnc(C3CCN(C(=O)c4ccccn4)CC3)n2n1. The van der Waals surface area contributed by atoms with Crippen LogP contribution in [0.3, 0.4) is 0 Å². The average Bonchev–Trinajstić information content (AvgIpc) is 3.11. The maximum Gasteiger partial charge on any atom is 0.272 e. The van der Waals surface area contributed by atoms with E-state index in [0.717, 1.165) is 30.0 Å². The largest absolute Gasteiger partial charge is 0.337 e. The molecule has 0 radical (unpaired) electrons. The van der Waals surface area contributed by atoms with E-state index in [1.807, 2.05) is 33.7 Å². The molecule has 0 aliphatic carbocycles. The molecule has 0 atom stereocenters. The predicted molar refractivity (Wildman–Crippen MR) is 102 cm³/mol. The Hall–Kier alpha value is -2.83.